The van der Waals surface area contributed by atoms with Gasteiger partial charge in [-0.1, -0.05) is 12.1 Å². The maximum Gasteiger partial charge on any atom is 0.387 e. The van der Waals surface area contributed by atoms with Gasteiger partial charge in [-0.05, 0) is 12.1 Å². The van der Waals surface area contributed by atoms with Crippen molar-refractivity contribution in [1.29, 1.82) is 0 Å². The first-order valence-corrected chi connectivity index (χ1v) is 5.03. The molecule has 16 heavy (non-hydrogen) atoms. The quantitative estimate of drug-likeness (QED) is 0.861. The summed E-state index contributed by atoms with van der Waals surface area (Å²) in [7, 11) is 0. The lowest BCUT2D eigenvalue weighted by Crippen LogP contribution is -2.37. The van der Waals surface area contributed by atoms with E-state index in [-0.39, 0.29) is 18.0 Å². The Labute approximate surface area is 91.6 Å². The van der Waals surface area contributed by atoms with Gasteiger partial charge in [-0.15, -0.1) is 0 Å². The van der Waals surface area contributed by atoms with Crippen molar-refractivity contribution in [2.45, 2.75) is 31.7 Å². The van der Waals surface area contributed by atoms with Crippen molar-refractivity contribution in [1.82, 2.24) is 0 Å². The molecule has 0 bridgehead atoms. The van der Waals surface area contributed by atoms with Crippen LogP contribution in [0.25, 0.3) is 0 Å². The minimum absolute atomic E-state index is 0.0267. The van der Waals surface area contributed by atoms with Crippen molar-refractivity contribution in [2.75, 3.05) is 0 Å². The van der Waals surface area contributed by atoms with Gasteiger partial charge in [0, 0.05) is 12.8 Å². The van der Waals surface area contributed by atoms with E-state index in [9.17, 15) is 8.78 Å². The normalized spacial score (nSPS) is 24.0. The highest BCUT2D eigenvalue weighted by atomic mass is 19.3. The van der Waals surface area contributed by atoms with Crippen LogP contribution in [0.3, 0.4) is 0 Å². The minimum atomic E-state index is -2.86. The highest BCUT2D eigenvalue weighted by molar-refractivity contribution is 5.39. The minimum Gasteiger partial charge on any atom is -0.486 e. The lowest BCUT2D eigenvalue weighted by Gasteiger charge is -2.32. The Bertz CT molecular complexity index is 351. The van der Waals surface area contributed by atoms with Crippen LogP contribution in [0.15, 0.2) is 24.3 Å². The summed E-state index contributed by atoms with van der Waals surface area (Å²) in [6, 6.07) is 6.28. The molecule has 0 radical (unpaired) electrons. The Kier molecular flexibility index (Phi) is 3.24. The summed E-state index contributed by atoms with van der Waals surface area (Å²) in [6.07, 6.45) is 0.608. The number of aliphatic hydroxyl groups is 1. The lowest BCUT2D eigenvalue weighted by atomic mass is 9.92. The van der Waals surface area contributed by atoms with Gasteiger partial charge in [-0.25, -0.2) is 0 Å². The molecule has 0 aliphatic heterocycles. The number of aliphatic hydroxyl groups excluding tert-OH is 1. The van der Waals surface area contributed by atoms with E-state index in [4.69, 9.17) is 9.84 Å². The third-order valence-corrected chi connectivity index (χ3v) is 2.43. The van der Waals surface area contributed by atoms with Crippen molar-refractivity contribution < 1.29 is 23.4 Å². The Morgan fingerprint density at radius 2 is 1.81 bits per heavy atom. The summed E-state index contributed by atoms with van der Waals surface area (Å²) in [6.45, 7) is -2.86. The van der Waals surface area contributed by atoms with Crippen molar-refractivity contribution in [3.8, 4) is 11.5 Å². The zero-order valence-electron chi connectivity index (χ0n) is 8.48. The SMILES string of the molecule is OC1CC(Oc2ccccc2OC(F)F)C1. The fourth-order valence-electron chi connectivity index (χ4n) is 1.55. The molecule has 0 heterocycles. The van der Waals surface area contributed by atoms with Crippen LogP contribution in [0, 0.1) is 0 Å². The first-order chi connectivity index (χ1) is 7.65. The number of hydrogen-bond acceptors (Lipinski definition) is 3. The van der Waals surface area contributed by atoms with Crippen LogP contribution >= 0.6 is 0 Å². The molecule has 0 unspecified atom stereocenters. The largest absolute Gasteiger partial charge is 0.486 e. The van der Waals surface area contributed by atoms with Gasteiger partial charge in [0.05, 0.1) is 6.10 Å². The molecular formula is C11H12F2O3. The first kappa shape index (κ1) is 11.1. The van der Waals surface area contributed by atoms with E-state index in [1.165, 1.54) is 6.07 Å². The predicted octanol–water partition coefficient (Wildman–Crippen LogP) is 2.19. The van der Waals surface area contributed by atoms with Gasteiger partial charge in [-0.3, -0.25) is 0 Å². The van der Waals surface area contributed by atoms with E-state index < -0.39 is 6.61 Å². The van der Waals surface area contributed by atoms with Crippen molar-refractivity contribution in [2.24, 2.45) is 0 Å². The molecule has 1 saturated carbocycles. The molecule has 5 heteroatoms. The maximum atomic E-state index is 12.1. The average molecular weight is 230 g/mol. The van der Waals surface area contributed by atoms with Gasteiger partial charge >= 0.3 is 6.61 Å². The van der Waals surface area contributed by atoms with E-state index >= 15 is 0 Å². The van der Waals surface area contributed by atoms with Crippen LogP contribution in [-0.4, -0.2) is 23.9 Å². The number of rotatable bonds is 4. The summed E-state index contributed by atoms with van der Waals surface area (Å²) < 4.78 is 33.9. The molecule has 0 saturated heterocycles. The molecule has 3 nitrogen and oxygen atoms in total. The molecule has 2 rings (SSSR count). The zero-order valence-corrected chi connectivity index (χ0v) is 8.48. The highest BCUT2D eigenvalue weighted by Crippen LogP contribution is 2.32. The number of benzene rings is 1. The summed E-state index contributed by atoms with van der Waals surface area (Å²) >= 11 is 0. The Morgan fingerprint density at radius 3 is 2.38 bits per heavy atom. The van der Waals surface area contributed by atoms with Crippen LogP contribution in [0.5, 0.6) is 11.5 Å². The van der Waals surface area contributed by atoms with Gasteiger partial charge in [0.2, 0.25) is 0 Å². The molecule has 1 N–H and O–H groups in total. The lowest BCUT2D eigenvalue weighted by molar-refractivity contribution is -0.0558. The number of ether oxygens (including phenoxy) is 2. The predicted molar refractivity (Wildman–Crippen MR) is 52.7 cm³/mol. The Morgan fingerprint density at radius 1 is 1.19 bits per heavy atom. The molecule has 0 amide bonds. The smallest absolute Gasteiger partial charge is 0.387 e. The first-order valence-electron chi connectivity index (χ1n) is 5.03. The molecular weight excluding hydrogens is 218 g/mol. The third-order valence-electron chi connectivity index (χ3n) is 2.43. The van der Waals surface area contributed by atoms with Crippen LogP contribution in [0.4, 0.5) is 8.78 Å². The molecule has 1 aliphatic rings. The van der Waals surface area contributed by atoms with Gasteiger partial charge < -0.3 is 14.6 Å². The summed E-state index contributed by atoms with van der Waals surface area (Å²) in [5.74, 6) is 0.318. The zero-order chi connectivity index (χ0) is 11.5. The van der Waals surface area contributed by atoms with Gasteiger partial charge in [0.1, 0.15) is 6.10 Å². The van der Waals surface area contributed by atoms with E-state index in [2.05, 4.69) is 4.74 Å². The van der Waals surface area contributed by atoms with Gasteiger partial charge in [0.25, 0.3) is 0 Å². The summed E-state index contributed by atoms with van der Waals surface area (Å²) in [4.78, 5) is 0. The second-order valence-corrected chi connectivity index (χ2v) is 3.69. The van der Waals surface area contributed by atoms with Crippen molar-refractivity contribution in [3.63, 3.8) is 0 Å². The Hall–Kier alpha value is -1.36. The maximum absolute atomic E-state index is 12.1. The second kappa shape index (κ2) is 4.65. The molecule has 1 aromatic carbocycles. The Balaban J connectivity index is 2.01. The number of hydrogen-bond donors (Lipinski definition) is 1. The molecule has 1 fully saturated rings. The second-order valence-electron chi connectivity index (χ2n) is 3.69. The van der Waals surface area contributed by atoms with Gasteiger partial charge in [0.15, 0.2) is 11.5 Å². The van der Waals surface area contributed by atoms with Gasteiger partial charge in [-0.2, -0.15) is 8.78 Å². The van der Waals surface area contributed by atoms with Crippen LogP contribution in [-0.2, 0) is 0 Å². The summed E-state index contributed by atoms with van der Waals surface area (Å²) in [5, 5.41) is 9.08. The van der Waals surface area contributed by atoms with Crippen LogP contribution in [0.1, 0.15) is 12.8 Å². The third kappa shape index (κ3) is 2.61. The van der Waals surface area contributed by atoms with Crippen molar-refractivity contribution >= 4 is 0 Å². The van der Waals surface area contributed by atoms with E-state index in [0.717, 1.165) is 0 Å². The number of halogens is 2. The van der Waals surface area contributed by atoms with E-state index in [1.54, 1.807) is 18.2 Å². The molecule has 1 aromatic rings. The number of para-hydroxylation sites is 2. The van der Waals surface area contributed by atoms with Crippen LogP contribution in [0.2, 0.25) is 0 Å². The standard InChI is InChI=1S/C11H12F2O3/c12-11(13)16-10-4-2-1-3-9(10)15-8-5-7(14)6-8/h1-4,7-8,11,14H,5-6H2. The molecule has 88 valence electrons. The molecule has 0 spiro atoms. The topological polar surface area (TPSA) is 38.7 Å². The molecule has 1 aliphatic carbocycles. The van der Waals surface area contributed by atoms with Crippen LogP contribution < -0.4 is 9.47 Å². The summed E-state index contributed by atoms with van der Waals surface area (Å²) in [5.41, 5.74) is 0. The number of alkyl halides is 2. The fraction of sp³-hybridized carbons (Fsp3) is 0.455. The monoisotopic (exact) mass is 230 g/mol. The molecule has 0 atom stereocenters. The van der Waals surface area contributed by atoms with Crippen molar-refractivity contribution in [3.05, 3.63) is 24.3 Å². The average Bonchev–Trinajstić information content (AvgIpc) is 2.17. The van der Waals surface area contributed by atoms with E-state index in [1.807, 2.05) is 0 Å². The van der Waals surface area contributed by atoms with E-state index in [0.29, 0.717) is 18.6 Å². The highest BCUT2D eigenvalue weighted by Gasteiger charge is 2.29. The molecule has 0 aromatic heterocycles. The fourth-order valence-corrected chi connectivity index (χ4v) is 1.55.